The van der Waals surface area contributed by atoms with Gasteiger partial charge in [0.2, 0.25) is 0 Å². The largest absolute Gasteiger partial charge is 0.295 e. The van der Waals surface area contributed by atoms with Crippen molar-refractivity contribution in [1.29, 1.82) is 0 Å². The van der Waals surface area contributed by atoms with E-state index in [9.17, 15) is 0 Å². The predicted octanol–water partition coefficient (Wildman–Crippen LogP) is 1.47. The van der Waals surface area contributed by atoms with E-state index in [-0.39, 0.29) is 5.60 Å². The molecule has 1 heterocycles. The lowest BCUT2D eigenvalue weighted by Gasteiger charge is -2.55. The monoisotopic (exact) mass is 165 g/mol. The smallest absolute Gasteiger partial charge is 0.0946 e. The molecule has 2 bridgehead atoms. The highest BCUT2D eigenvalue weighted by atomic mass is 16.7. The molecule has 0 aromatic carbocycles. The molecular formula is C10H15NO. The van der Waals surface area contributed by atoms with E-state index in [0.29, 0.717) is 11.5 Å². The molecule has 0 aromatic heterocycles. The van der Waals surface area contributed by atoms with E-state index < -0.39 is 0 Å². The standard InChI is InChI=1S/C10H15NO/c1-9-5-7-2-6-3-8(11-12-9)10(7,9)4-6/h6-8,11H,2-5H2,1H3. The number of hydrogen-bond acceptors (Lipinski definition) is 2. The Morgan fingerprint density at radius 3 is 3.00 bits per heavy atom. The summed E-state index contributed by atoms with van der Waals surface area (Å²) in [6, 6.07) is 0.708. The first-order valence-electron chi connectivity index (χ1n) is 5.18. The van der Waals surface area contributed by atoms with Crippen molar-refractivity contribution in [2.75, 3.05) is 0 Å². The molecule has 0 aromatic rings. The first kappa shape index (κ1) is 6.39. The molecule has 4 rings (SSSR count). The van der Waals surface area contributed by atoms with Crippen molar-refractivity contribution in [2.45, 2.75) is 44.2 Å². The molecule has 4 fully saturated rings. The number of hydroxylamine groups is 1. The van der Waals surface area contributed by atoms with Gasteiger partial charge in [-0.25, -0.2) is 0 Å². The van der Waals surface area contributed by atoms with E-state index in [0.717, 1.165) is 11.8 Å². The molecule has 0 amide bonds. The van der Waals surface area contributed by atoms with E-state index >= 15 is 0 Å². The van der Waals surface area contributed by atoms with Gasteiger partial charge in [-0.3, -0.25) is 4.84 Å². The molecule has 5 atom stereocenters. The molecule has 1 saturated heterocycles. The van der Waals surface area contributed by atoms with Gasteiger partial charge in [-0.05, 0) is 44.4 Å². The summed E-state index contributed by atoms with van der Waals surface area (Å²) in [5.74, 6) is 2.03. The topological polar surface area (TPSA) is 21.3 Å². The zero-order valence-corrected chi connectivity index (χ0v) is 7.47. The maximum atomic E-state index is 5.74. The summed E-state index contributed by atoms with van der Waals surface area (Å²) in [7, 11) is 0. The van der Waals surface area contributed by atoms with Gasteiger partial charge < -0.3 is 0 Å². The molecule has 4 aliphatic rings. The molecule has 3 saturated carbocycles. The van der Waals surface area contributed by atoms with Gasteiger partial charge in [-0.15, -0.1) is 0 Å². The second-order valence-corrected chi connectivity index (χ2v) is 5.49. The molecule has 66 valence electrons. The lowest BCUT2D eigenvalue weighted by molar-refractivity contribution is -0.172. The van der Waals surface area contributed by atoms with Gasteiger partial charge in [0.25, 0.3) is 0 Å². The van der Waals surface area contributed by atoms with Crippen molar-refractivity contribution in [3.8, 4) is 0 Å². The first-order valence-corrected chi connectivity index (χ1v) is 5.18. The summed E-state index contributed by atoms with van der Waals surface area (Å²) in [4.78, 5) is 5.74. The maximum absolute atomic E-state index is 5.74. The second kappa shape index (κ2) is 1.48. The molecule has 2 nitrogen and oxygen atoms in total. The minimum atomic E-state index is 0.216. The van der Waals surface area contributed by atoms with Gasteiger partial charge in [0.15, 0.2) is 0 Å². The van der Waals surface area contributed by atoms with Crippen molar-refractivity contribution in [3.05, 3.63) is 0 Å². The van der Waals surface area contributed by atoms with Gasteiger partial charge in [0.1, 0.15) is 0 Å². The van der Waals surface area contributed by atoms with Crippen molar-refractivity contribution in [1.82, 2.24) is 5.48 Å². The van der Waals surface area contributed by atoms with Crippen LogP contribution in [0.5, 0.6) is 0 Å². The summed E-state index contributed by atoms with van der Waals surface area (Å²) in [5, 5.41) is 0. The molecule has 3 aliphatic carbocycles. The third-order valence-corrected chi connectivity index (χ3v) is 5.21. The Bertz CT molecular complexity index is 267. The summed E-state index contributed by atoms with van der Waals surface area (Å²) in [6.07, 6.45) is 5.64. The van der Waals surface area contributed by atoms with Crippen molar-refractivity contribution >= 4 is 0 Å². The van der Waals surface area contributed by atoms with Crippen LogP contribution in [-0.2, 0) is 4.84 Å². The minimum absolute atomic E-state index is 0.216. The highest BCUT2D eigenvalue weighted by Crippen LogP contribution is 2.74. The third kappa shape index (κ3) is 0.391. The van der Waals surface area contributed by atoms with Gasteiger partial charge in [0, 0.05) is 11.5 Å². The fraction of sp³-hybridized carbons (Fsp3) is 1.00. The van der Waals surface area contributed by atoms with Crippen molar-refractivity contribution < 1.29 is 4.84 Å². The maximum Gasteiger partial charge on any atom is 0.0946 e. The van der Waals surface area contributed by atoms with Crippen molar-refractivity contribution in [2.24, 2.45) is 17.3 Å². The lowest BCUT2D eigenvalue weighted by atomic mass is 9.50. The Morgan fingerprint density at radius 1 is 1.33 bits per heavy atom. The molecule has 5 unspecified atom stereocenters. The van der Waals surface area contributed by atoms with E-state index in [1.54, 1.807) is 0 Å². The average Bonchev–Trinajstić information content (AvgIpc) is 2.60. The van der Waals surface area contributed by atoms with Gasteiger partial charge in [-0.1, -0.05) is 0 Å². The van der Waals surface area contributed by atoms with Crippen LogP contribution in [0.4, 0.5) is 0 Å². The van der Waals surface area contributed by atoms with E-state index in [1.807, 2.05) is 0 Å². The normalized spacial score (nSPS) is 71.2. The Labute approximate surface area is 72.6 Å². The quantitative estimate of drug-likeness (QED) is 0.587. The fourth-order valence-corrected chi connectivity index (χ4v) is 4.79. The molecule has 1 aliphatic heterocycles. The third-order valence-electron chi connectivity index (χ3n) is 5.21. The number of fused-ring (bicyclic) bond motifs is 1. The highest BCUT2D eigenvalue weighted by Gasteiger charge is 2.77. The van der Waals surface area contributed by atoms with E-state index in [1.165, 1.54) is 25.7 Å². The van der Waals surface area contributed by atoms with Crippen LogP contribution in [0.1, 0.15) is 32.6 Å². The van der Waals surface area contributed by atoms with Gasteiger partial charge in [-0.2, -0.15) is 5.48 Å². The van der Waals surface area contributed by atoms with Gasteiger partial charge in [0.05, 0.1) is 5.60 Å². The lowest BCUT2D eigenvalue weighted by Crippen LogP contribution is -2.60. The van der Waals surface area contributed by atoms with Crippen LogP contribution in [0.15, 0.2) is 0 Å². The van der Waals surface area contributed by atoms with Crippen LogP contribution in [0.25, 0.3) is 0 Å². The van der Waals surface area contributed by atoms with E-state index in [4.69, 9.17) is 4.84 Å². The van der Waals surface area contributed by atoms with Crippen LogP contribution in [0.3, 0.4) is 0 Å². The SMILES string of the molecule is CC12CC3CC4CC(NO1)C32C4. The van der Waals surface area contributed by atoms with Crippen LogP contribution in [-0.4, -0.2) is 11.6 Å². The summed E-state index contributed by atoms with van der Waals surface area (Å²) in [5.41, 5.74) is 4.07. The predicted molar refractivity (Wildman–Crippen MR) is 44.3 cm³/mol. The zero-order valence-electron chi connectivity index (χ0n) is 7.47. The number of nitrogens with one attached hydrogen (secondary N) is 1. The Kier molecular flexibility index (Phi) is 0.789. The molecule has 1 spiro atoms. The minimum Gasteiger partial charge on any atom is -0.295 e. The van der Waals surface area contributed by atoms with Gasteiger partial charge >= 0.3 is 0 Å². The van der Waals surface area contributed by atoms with E-state index in [2.05, 4.69) is 12.4 Å². The Balaban J connectivity index is 1.91. The Hall–Kier alpha value is -0.0800. The number of rotatable bonds is 0. The van der Waals surface area contributed by atoms with Crippen molar-refractivity contribution in [3.63, 3.8) is 0 Å². The molecule has 0 radical (unpaired) electrons. The Morgan fingerprint density at radius 2 is 2.25 bits per heavy atom. The first-order chi connectivity index (χ1) is 5.75. The molecule has 12 heavy (non-hydrogen) atoms. The molecule has 1 N–H and O–H groups in total. The zero-order chi connectivity index (χ0) is 7.97. The highest BCUT2D eigenvalue weighted by molar-refractivity contribution is 5.26. The summed E-state index contributed by atoms with van der Waals surface area (Å²) < 4.78 is 0. The van der Waals surface area contributed by atoms with Crippen LogP contribution < -0.4 is 5.48 Å². The molecular weight excluding hydrogens is 150 g/mol. The van der Waals surface area contributed by atoms with Crippen LogP contribution >= 0.6 is 0 Å². The van der Waals surface area contributed by atoms with Crippen LogP contribution in [0.2, 0.25) is 0 Å². The summed E-state index contributed by atoms with van der Waals surface area (Å²) in [6.45, 7) is 2.31. The molecule has 2 heteroatoms. The summed E-state index contributed by atoms with van der Waals surface area (Å²) >= 11 is 0. The average molecular weight is 165 g/mol. The second-order valence-electron chi connectivity index (χ2n) is 5.49. The number of hydrogen-bond donors (Lipinski definition) is 1. The van der Waals surface area contributed by atoms with Crippen LogP contribution in [0, 0.1) is 17.3 Å². The fourth-order valence-electron chi connectivity index (χ4n) is 4.79.